The van der Waals surface area contributed by atoms with E-state index in [9.17, 15) is 4.79 Å². The van der Waals surface area contributed by atoms with Crippen LogP contribution in [-0.4, -0.2) is 31.7 Å². The molecule has 0 saturated heterocycles. The number of carbonyl (C=O) groups excluding carboxylic acids is 1. The van der Waals surface area contributed by atoms with Crippen molar-refractivity contribution in [1.82, 2.24) is 4.98 Å². The van der Waals surface area contributed by atoms with Crippen molar-refractivity contribution in [2.45, 2.75) is 6.92 Å². The number of nitrogens with zero attached hydrogens (tertiary/aromatic N) is 1. The van der Waals surface area contributed by atoms with Gasteiger partial charge in [-0.3, -0.25) is 4.79 Å². The van der Waals surface area contributed by atoms with Gasteiger partial charge >= 0.3 is 0 Å². The Labute approximate surface area is 141 Å². The zero-order chi connectivity index (χ0) is 17.4. The van der Waals surface area contributed by atoms with E-state index in [0.717, 1.165) is 5.56 Å². The normalized spacial score (nSPS) is 10.5. The Bertz CT molecular complexity index is 729. The van der Waals surface area contributed by atoms with E-state index in [4.69, 9.17) is 14.2 Å². The van der Waals surface area contributed by atoms with Gasteiger partial charge in [-0.1, -0.05) is 6.07 Å². The molecule has 0 aliphatic heterocycles. The van der Waals surface area contributed by atoms with Crippen LogP contribution in [0.15, 0.2) is 42.6 Å². The van der Waals surface area contributed by atoms with Crippen molar-refractivity contribution < 1.29 is 19.0 Å². The SMILES string of the molecule is CCOc1ccc(/C=C/C(=O)Nc2ncccc2OC)cc1OC. The number of ether oxygens (including phenoxy) is 3. The Kier molecular flexibility index (Phi) is 6.19. The quantitative estimate of drug-likeness (QED) is 0.791. The van der Waals surface area contributed by atoms with E-state index in [-0.39, 0.29) is 5.91 Å². The molecule has 1 N–H and O–H groups in total. The molecule has 0 atom stereocenters. The van der Waals surface area contributed by atoms with Crippen LogP contribution in [0.25, 0.3) is 6.08 Å². The predicted molar refractivity (Wildman–Crippen MR) is 92.6 cm³/mol. The van der Waals surface area contributed by atoms with Gasteiger partial charge in [-0.2, -0.15) is 0 Å². The van der Waals surface area contributed by atoms with Crippen molar-refractivity contribution >= 4 is 17.8 Å². The summed E-state index contributed by atoms with van der Waals surface area (Å²) in [5.41, 5.74) is 0.818. The fourth-order valence-corrected chi connectivity index (χ4v) is 2.04. The Morgan fingerprint density at radius 1 is 1.17 bits per heavy atom. The third kappa shape index (κ3) is 4.49. The summed E-state index contributed by atoms with van der Waals surface area (Å²) in [7, 11) is 3.10. The summed E-state index contributed by atoms with van der Waals surface area (Å²) in [6, 6.07) is 8.91. The first-order valence-corrected chi connectivity index (χ1v) is 7.46. The summed E-state index contributed by atoms with van der Waals surface area (Å²) in [5.74, 6) is 1.85. The monoisotopic (exact) mass is 328 g/mol. The summed E-state index contributed by atoms with van der Waals surface area (Å²) in [6.07, 6.45) is 4.69. The molecule has 1 aromatic carbocycles. The van der Waals surface area contributed by atoms with Gasteiger partial charge in [0.05, 0.1) is 20.8 Å². The van der Waals surface area contributed by atoms with Crippen molar-refractivity contribution in [3.63, 3.8) is 0 Å². The first kappa shape index (κ1) is 17.3. The average Bonchev–Trinajstić information content (AvgIpc) is 2.61. The molecular weight excluding hydrogens is 308 g/mol. The molecule has 0 aliphatic rings. The number of hydrogen-bond donors (Lipinski definition) is 1. The van der Waals surface area contributed by atoms with Crippen molar-refractivity contribution in [3.05, 3.63) is 48.2 Å². The minimum atomic E-state index is -0.306. The highest BCUT2D eigenvalue weighted by molar-refractivity contribution is 6.02. The van der Waals surface area contributed by atoms with Crippen LogP contribution in [0.3, 0.4) is 0 Å². The molecule has 6 nitrogen and oxygen atoms in total. The molecule has 6 heteroatoms. The van der Waals surface area contributed by atoms with Crippen LogP contribution >= 0.6 is 0 Å². The largest absolute Gasteiger partial charge is 0.493 e. The number of nitrogens with one attached hydrogen (secondary N) is 1. The van der Waals surface area contributed by atoms with Gasteiger partial charge in [-0.15, -0.1) is 0 Å². The van der Waals surface area contributed by atoms with E-state index in [1.54, 1.807) is 37.6 Å². The number of benzene rings is 1. The minimum absolute atomic E-state index is 0.306. The number of amides is 1. The number of hydrogen-bond acceptors (Lipinski definition) is 5. The highest BCUT2D eigenvalue weighted by Gasteiger charge is 2.07. The highest BCUT2D eigenvalue weighted by Crippen LogP contribution is 2.28. The lowest BCUT2D eigenvalue weighted by Gasteiger charge is -2.09. The molecule has 0 bridgehead atoms. The third-order valence-corrected chi connectivity index (χ3v) is 3.15. The minimum Gasteiger partial charge on any atom is -0.493 e. The predicted octanol–water partition coefficient (Wildman–Crippen LogP) is 3.15. The maximum absolute atomic E-state index is 12.0. The Morgan fingerprint density at radius 3 is 2.67 bits per heavy atom. The standard InChI is InChI=1S/C18H20N2O4/c1-4-24-14-9-7-13(12-16(14)23-3)8-10-17(21)20-18-15(22-2)6-5-11-19-18/h5-12H,4H2,1-3H3,(H,19,20,21)/b10-8+. The zero-order valence-corrected chi connectivity index (χ0v) is 13.9. The van der Waals surface area contributed by atoms with Crippen molar-refractivity contribution in [1.29, 1.82) is 0 Å². The lowest BCUT2D eigenvalue weighted by atomic mass is 10.2. The molecule has 1 amide bonds. The maximum Gasteiger partial charge on any atom is 0.249 e. The lowest BCUT2D eigenvalue weighted by Crippen LogP contribution is -2.10. The van der Waals surface area contributed by atoms with Crippen LogP contribution in [0.4, 0.5) is 5.82 Å². The number of aromatic nitrogens is 1. The fourth-order valence-electron chi connectivity index (χ4n) is 2.04. The van der Waals surface area contributed by atoms with E-state index >= 15 is 0 Å². The molecule has 0 spiro atoms. The Morgan fingerprint density at radius 2 is 1.96 bits per heavy atom. The van der Waals surface area contributed by atoms with Gasteiger partial charge in [-0.25, -0.2) is 4.98 Å². The summed E-state index contributed by atoms with van der Waals surface area (Å²) >= 11 is 0. The Balaban J connectivity index is 2.08. The smallest absolute Gasteiger partial charge is 0.249 e. The molecule has 0 unspecified atom stereocenters. The number of methoxy groups -OCH3 is 2. The van der Waals surface area contributed by atoms with Gasteiger partial charge in [0.15, 0.2) is 23.1 Å². The summed E-state index contributed by atoms with van der Waals surface area (Å²) in [5, 5.41) is 2.67. The molecule has 0 radical (unpaired) electrons. The molecule has 0 saturated carbocycles. The van der Waals surface area contributed by atoms with Crippen LogP contribution in [0.2, 0.25) is 0 Å². The molecule has 0 aliphatic carbocycles. The number of rotatable bonds is 7. The van der Waals surface area contributed by atoms with Gasteiger partial charge in [0, 0.05) is 12.3 Å². The van der Waals surface area contributed by atoms with Crippen molar-refractivity contribution in [2.24, 2.45) is 0 Å². The van der Waals surface area contributed by atoms with Crippen LogP contribution in [0.5, 0.6) is 17.2 Å². The van der Waals surface area contributed by atoms with E-state index in [1.165, 1.54) is 13.2 Å². The zero-order valence-electron chi connectivity index (χ0n) is 13.9. The molecule has 1 heterocycles. The first-order chi connectivity index (χ1) is 11.7. The van der Waals surface area contributed by atoms with Gasteiger partial charge in [0.25, 0.3) is 0 Å². The second-order valence-corrected chi connectivity index (χ2v) is 4.72. The van der Waals surface area contributed by atoms with E-state index in [0.29, 0.717) is 29.7 Å². The fraction of sp³-hybridized carbons (Fsp3) is 0.222. The second kappa shape index (κ2) is 8.57. The van der Waals surface area contributed by atoms with Gasteiger partial charge in [0.1, 0.15) is 0 Å². The van der Waals surface area contributed by atoms with Gasteiger partial charge < -0.3 is 19.5 Å². The number of anilines is 1. The Hall–Kier alpha value is -3.02. The van der Waals surface area contributed by atoms with E-state index in [1.807, 2.05) is 19.1 Å². The molecule has 24 heavy (non-hydrogen) atoms. The summed E-state index contributed by atoms with van der Waals surface area (Å²) in [6.45, 7) is 2.46. The molecule has 126 valence electrons. The van der Waals surface area contributed by atoms with E-state index < -0.39 is 0 Å². The van der Waals surface area contributed by atoms with Crippen molar-refractivity contribution in [2.75, 3.05) is 26.1 Å². The maximum atomic E-state index is 12.0. The summed E-state index contributed by atoms with van der Waals surface area (Å²) in [4.78, 5) is 16.1. The second-order valence-electron chi connectivity index (χ2n) is 4.72. The molecule has 2 rings (SSSR count). The van der Waals surface area contributed by atoms with Crippen LogP contribution in [0, 0.1) is 0 Å². The summed E-state index contributed by atoms with van der Waals surface area (Å²) < 4.78 is 15.9. The van der Waals surface area contributed by atoms with E-state index in [2.05, 4.69) is 10.3 Å². The van der Waals surface area contributed by atoms with Crippen molar-refractivity contribution in [3.8, 4) is 17.2 Å². The third-order valence-electron chi connectivity index (χ3n) is 3.15. The average molecular weight is 328 g/mol. The molecule has 0 fully saturated rings. The van der Waals surface area contributed by atoms with Gasteiger partial charge in [0.2, 0.25) is 5.91 Å². The van der Waals surface area contributed by atoms with Crippen LogP contribution in [0.1, 0.15) is 12.5 Å². The highest BCUT2D eigenvalue weighted by atomic mass is 16.5. The molecule has 1 aromatic heterocycles. The van der Waals surface area contributed by atoms with Crippen LogP contribution < -0.4 is 19.5 Å². The number of pyridine rings is 1. The first-order valence-electron chi connectivity index (χ1n) is 7.46. The molecular formula is C18H20N2O4. The van der Waals surface area contributed by atoms with Crippen LogP contribution in [-0.2, 0) is 4.79 Å². The lowest BCUT2D eigenvalue weighted by molar-refractivity contribution is -0.111. The topological polar surface area (TPSA) is 69.7 Å². The number of carbonyl (C=O) groups is 1. The van der Waals surface area contributed by atoms with Gasteiger partial charge in [-0.05, 0) is 42.8 Å². The molecule has 2 aromatic rings.